The van der Waals surface area contributed by atoms with E-state index in [1.54, 1.807) is 0 Å². The second kappa shape index (κ2) is 7.75. The van der Waals surface area contributed by atoms with Crippen molar-refractivity contribution in [3.8, 4) is 0 Å². The fraction of sp³-hybridized carbons (Fsp3) is 0.824. The van der Waals surface area contributed by atoms with E-state index in [2.05, 4.69) is 48.0 Å². The molecule has 6 nitrogen and oxygen atoms in total. The zero-order valence-electron chi connectivity index (χ0n) is 15.4. The molecule has 0 bridgehead atoms. The van der Waals surface area contributed by atoms with Crippen molar-refractivity contribution in [2.75, 3.05) is 46.4 Å². The number of aromatic nitrogens is 2. The van der Waals surface area contributed by atoms with Crippen molar-refractivity contribution in [3.63, 3.8) is 0 Å². The molecule has 1 aliphatic rings. The molecule has 0 saturated carbocycles. The van der Waals surface area contributed by atoms with E-state index in [0.29, 0.717) is 6.54 Å². The molecule has 1 aromatic heterocycles. The number of piperazine rings is 1. The number of aliphatic hydroxyl groups is 1. The number of hydrogen-bond donors (Lipinski definition) is 2. The summed E-state index contributed by atoms with van der Waals surface area (Å²) in [6.45, 7) is 15.8. The van der Waals surface area contributed by atoms with Crippen LogP contribution in [0.25, 0.3) is 0 Å². The molecule has 1 aliphatic heterocycles. The Bertz CT molecular complexity index is 503. The molecule has 132 valence electrons. The van der Waals surface area contributed by atoms with Gasteiger partial charge in [-0.05, 0) is 34.7 Å². The smallest absolute Gasteiger partial charge is 0.0644 e. The van der Waals surface area contributed by atoms with Crippen molar-refractivity contribution < 1.29 is 5.11 Å². The highest BCUT2D eigenvalue weighted by atomic mass is 16.3. The highest BCUT2D eigenvalue weighted by Gasteiger charge is 2.28. The van der Waals surface area contributed by atoms with Gasteiger partial charge in [0.15, 0.2) is 0 Å². The Kier molecular flexibility index (Phi) is 6.19. The molecule has 0 atom stereocenters. The number of nitrogens with zero attached hydrogens (tertiary/aromatic N) is 4. The van der Waals surface area contributed by atoms with E-state index in [-0.39, 0.29) is 12.1 Å². The molecular formula is C17H33N5O. The van der Waals surface area contributed by atoms with Crippen molar-refractivity contribution in [1.82, 2.24) is 24.9 Å². The van der Waals surface area contributed by atoms with Gasteiger partial charge in [0.25, 0.3) is 0 Å². The van der Waals surface area contributed by atoms with Gasteiger partial charge in [-0.25, -0.2) is 0 Å². The van der Waals surface area contributed by atoms with Crippen LogP contribution in [0, 0.1) is 13.8 Å². The number of nitrogens with one attached hydrogen (secondary N) is 1. The van der Waals surface area contributed by atoms with Crippen LogP contribution in [0.1, 0.15) is 30.8 Å². The molecular weight excluding hydrogens is 290 g/mol. The Morgan fingerprint density at radius 3 is 2.43 bits per heavy atom. The summed E-state index contributed by atoms with van der Waals surface area (Å²) >= 11 is 0. The SMILES string of the molecule is Cc1nn(CCO)c(C)c1CNCC(C)(C)N1CCN(C)CC1. The maximum Gasteiger partial charge on any atom is 0.0644 e. The van der Waals surface area contributed by atoms with Gasteiger partial charge in [0.1, 0.15) is 0 Å². The average molecular weight is 323 g/mol. The number of aryl methyl sites for hydroxylation is 1. The molecule has 6 heteroatoms. The summed E-state index contributed by atoms with van der Waals surface area (Å²) in [5, 5.41) is 17.2. The lowest BCUT2D eigenvalue weighted by Gasteiger charge is -2.43. The summed E-state index contributed by atoms with van der Waals surface area (Å²) < 4.78 is 1.90. The first-order valence-corrected chi connectivity index (χ1v) is 8.63. The third-order valence-corrected chi connectivity index (χ3v) is 5.06. The summed E-state index contributed by atoms with van der Waals surface area (Å²) in [5.41, 5.74) is 3.62. The second-order valence-corrected chi connectivity index (χ2v) is 7.30. The highest BCUT2D eigenvalue weighted by molar-refractivity contribution is 5.24. The van der Waals surface area contributed by atoms with Gasteiger partial charge < -0.3 is 15.3 Å². The van der Waals surface area contributed by atoms with Gasteiger partial charge >= 0.3 is 0 Å². The van der Waals surface area contributed by atoms with E-state index < -0.39 is 0 Å². The van der Waals surface area contributed by atoms with Crippen LogP contribution in [-0.2, 0) is 13.1 Å². The minimum Gasteiger partial charge on any atom is -0.394 e. The Labute approximate surface area is 140 Å². The van der Waals surface area contributed by atoms with Crippen LogP contribution in [0.4, 0.5) is 0 Å². The molecule has 1 fully saturated rings. The molecule has 0 aliphatic carbocycles. The Morgan fingerprint density at radius 1 is 1.17 bits per heavy atom. The van der Waals surface area contributed by atoms with E-state index >= 15 is 0 Å². The third-order valence-electron chi connectivity index (χ3n) is 5.06. The summed E-state index contributed by atoms with van der Waals surface area (Å²) in [7, 11) is 2.19. The number of aliphatic hydroxyl groups excluding tert-OH is 1. The molecule has 0 amide bonds. The minimum atomic E-state index is 0.130. The molecule has 0 spiro atoms. The lowest BCUT2D eigenvalue weighted by atomic mass is 10.0. The largest absolute Gasteiger partial charge is 0.394 e. The van der Waals surface area contributed by atoms with Gasteiger partial charge in [-0.2, -0.15) is 5.10 Å². The van der Waals surface area contributed by atoms with Crippen molar-refractivity contribution in [3.05, 3.63) is 17.0 Å². The first kappa shape index (κ1) is 18.4. The minimum absolute atomic E-state index is 0.130. The molecule has 2 N–H and O–H groups in total. The van der Waals surface area contributed by atoms with Gasteiger partial charge in [0.05, 0.1) is 18.8 Å². The number of rotatable bonds is 7. The zero-order chi connectivity index (χ0) is 17.0. The van der Waals surface area contributed by atoms with E-state index in [9.17, 15) is 0 Å². The van der Waals surface area contributed by atoms with Crippen molar-refractivity contribution >= 4 is 0 Å². The monoisotopic (exact) mass is 323 g/mol. The van der Waals surface area contributed by atoms with E-state index in [1.807, 2.05) is 11.6 Å². The standard InChI is InChI=1S/C17H33N5O/c1-14-16(15(2)22(19-14)10-11-23)12-18-13-17(3,4)21-8-6-20(5)7-9-21/h18,23H,6-13H2,1-5H3. The number of likely N-dealkylation sites (N-methyl/N-ethyl adjacent to an activating group) is 1. The Hall–Kier alpha value is -0.950. The van der Waals surface area contributed by atoms with Crippen LogP contribution in [-0.4, -0.2) is 76.6 Å². The fourth-order valence-corrected chi connectivity index (χ4v) is 3.32. The average Bonchev–Trinajstić information content (AvgIpc) is 2.75. The van der Waals surface area contributed by atoms with Crippen molar-refractivity contribution in [2.24, 2.45) is 0 Å². The molecule has 1 saturated heterocycles. The van der Waals surface area contributed by atoms with Crippen LogP contribution in [0.3, 0.4) is 0 Å². The van der Waals surface area contributed by atoms with E-state index in [0.717, 1.165) is 50.7 Å². The van der Waals surface area contributed by atoms with Gasteiger partial charge in [0, 0.05) is 56.1 Å². The Morgan fingerprint density at radius 2 is 1.83 bits per heavy atom. The Balaban J connectivity index is 1.89. The topological polar surface area (TPSA) is 56.6 Å². The molecule has 0 unspecified atom stereocenters. The molecule has 2 rings (SSSR count). The first-order valence-electron chi connectivity index (χ1n) is 8.63. The van der Waals surface area contributed by atoms with Crippen LogP contribution in [0.2, 0.25) is 0 Å². The van der Waals surface area contributed by atoms with Crippen molar-refractivity contribution in [2.45, 2.75) is 46.3 Å². The summed E-state index contributed by atoms with van der Waals surface area (Å²) in [6, 6.07) is 0. The summed E-state index contributed by atoms with van der Waals surface area (Å²) in [6.07, 6.45) is 0. The zero-order valence-corrected chi connectivity index (χ0v) is 15.4. The molecule has 0 aromatic carbocycles. The van der Waals surface area contributed by atoms with Crippen LogP contribution in [0.15, 0.2) is 0 Å². The van der Waals surface area contributed by atoms with Gasteiger partial charge in [0.2, 0.25) is 0 Å². The molecule has 1 aromatic rings. The molecule has 0 radical (unpaired) electrons. The predicted octanol–water partition coefficient (Wildman–Crippen LogP) is 0.608. The normalized spacial score (nSPS) is 17.8. The quantitative estimate of drug-likeness (QED) is 0.770. The summed E-state index contributed by atoms with van der Waals surface area (Å²) in [4.78, 5) is 4.97. The molecule has 23 heavy (non-hydrogen) atoms. The van der Waals surface area contributed by atoms with Crippen LogP contribution in [0.5, 0.6) is 0 Å². The fourth-order valence-electron chi connectivity index (χ4n) is 3.32. The second-order valence-electron chi connectivity index (χ2n) is 7.30. The predicted molar refractivity (Wildman–Crippen MR) is 93.6 cm³/mol. The lowest BCUT2D eigenvalue weighted by Crippen LogP contribution is -2.57. The van der Waals surface area contributed by atoms with Crippen LogP contribution < -0.4 is 5.32 Å². The van der Waals surface area contributed by atoms with Crippen LogP contribution >= 0.6 is 0 Å². The van der Waals surface area contributed by atoms with E-state index in [4.69, 9.17) is 5.11 Å². The van der Waals surface area contributed by atoms with Crippen molar-refractivity contribution in [1.29, 1.82) is 0 Å². The first-order chi connectivity index (χ1) is 10.8. The highest BCUT2D eigenvalue weighted by Crippen LogP contribution is 2.17. The molecule has 2 heterocycles. The lowest BCUT2D eigenvalue weighted by molar-refractivity contribution is 0.0618. The third kappa shape index (κ3) is 4.53. The maximum absolute atomic E-state index is 9.10. The maximum atomic E-state index is 9.10. The van der Waals surface area contributed by atoms with E-state index in [1.165, 1.54) is 5.56 Å². The summed E-state index contributed by atoms with van der Waals surface area (Å²) in [5.74, 6) is 0. The number of hydrogen-bond acceptors (Lipinski definition) is 5. The van der Waals surface area contributed by atoms with Gasteiger partial charge in [-0.15, -0.1) is 0 Å². The van der Waals surface area contributed by atoms with Gasteiger partial charge in [-0.3, -0.25) is 9.58 Å². The van der Waals surface area contributed by atoms with Gasteiger partial charge in [-0.1, -0.05) is 0 Å².